The van der Waals surface area contributed by atoms with E-state index < -0.39 is 0 Å². The van der Waals surface area contributed by atoms with Crippen LogP contribution in [-0.2, 0) is 13.0 Å². The molecule has 1 aromatic heterocycles. The molecular weight excluding hydrogens is 425 g/mol. The molecule has 0 unspecified atom stereocenters. The second kappa shape index (κ2) is 7.75. The molecular formula is C21H17Cl2N5O2. The molecule has 2 N–H and O–H groups in total. The van der Waals surface area contributed by atoms with Gasteiger partial charge in [-0.05, 0) is 48.4 Å². The number of ether oxygens (including phenoxy) is 1. The number of carbonyl (C=O) groups is 1. The first kappa shape index (κ1) is 19.1. The third-order valence-electron chi connectivity index (χ3n) is 5.12. The van der Waals surface area contributed by atoms with Gasteiger partial charge in [-0.1, -0.05) is 35.3 Å². The standard InChI is InChI=1S/C21H17Cl2N5O2/c22-16-2-1-3-17(23)18(16)28-11-30-19-15(20(28)29)10-25-21(27-19)26-14-5-4-12-6-7-24-9-13(12)8-14/h1-5,8,10,24H,6-7,9,11H2,(H,25,26,27). The van der Waals surface area contributed by atoms with Gasteiger partial charge in [0.1, 0.15) is 5.56 Å². The van der Waals surface area contributed by atoms with E-state index in [4.69, 9.17) is 27.9 Å². The number of fused-ring (bicyclic) bond motifs is 2. The van der Waals surface area contributed by atoms with E-state index in [1.54, 1.807) is 18.2 Å². The molecule has 5 rings (SSSR count). The number of nitrogens with zero attached hydrogens (tertiary/aromatic N) is 3. The van der Waals surface area contributed by atoms with Crippen LogP contribution in [0.15, 0.2) is 42.6 Å². The average Bonchev–Trinajstić information content (AvgIpc) is 2.75. The fraction of sp³-hybridized carbons (Fsp3) is 0.190. The van der Waals surface area contributed by atoms with Crippen molar-refractivity contribution in [1.29, 1.82) is 0 Å². The van der Waals surface area contributed by atoms with E-state index in [0.29, 0.717) is 21.7 Å². The first-order valence-electron chi connectivity index (χ1n) is 9.45. The highest BCUT2D eigenvalue weighted by Gasteiger charge is 2.31. The van der Waals surface area contributed by atoms with Crippen LogP contribution in [0.1, 0.15) is 21.5 Å². The highest BCUT2D eigenvalue weighted by atomic mass is 35.5. The maximum Gasteiger partial charge on any atom is 0.268 e. The lowest BCUT2D eigenvalue weighted by Gasteiger charge is -2.29. The summed E-state index contributed by atoms with van der Waals surface area (Å²) in [5, 5.41) is 7.28. The van der Waals surface area contributed by atoms with Gasteiger partial charge in [-0.15, -0.1) is 0 Å². The number of anilines is 3. The summed E-state index contributed by atoms with van der Waals surface area (Å²) in [5.41, 5.74) is 4.13. The lowest BCUT2D eigenvalue weighted by Crippen LogP contribution is -2.39. The lowest BCUT2D eigenvalue weighted by atomic mass is 10.0. The summed E-state index contributed by atoms with van der Waals surface area (Å²) in [7, 11) is 0. The summed E-state index contributed by atoms with van der Waals surface area (Å²) in [5.74, 6) is 0.253. The van der Waals surface area contributed by atoms with Crippen LogP contribution in [0, 0.1) is 0 Å². The second-order valence-electron chi connectivity index (χ2n) is 7.02. The third kappa shape index (κ3) is 3.45. The molecule has 9 heteroatoms. The van der Waals surface area contributed by atoms with Crippen molar-refractivity contribution in [2.45, 2.75) is 13.0 Å². The Morgan fingerprint density at radius 2 is 1.97 bits per heavy atom. The van der Waals surface area contributed by atoms with Gasteiger partial charge in [-0.25, -0.2) is 4.98 Å². The summed E-state index contributed by atoms with van der Waals surface area (Å²) < 4.78 is 5.73. The molecule has 7 nitrogen and oxygen atoms in total. The van der Waals surface area contributed by atoms with Crippen molar-refractivity contribution < 1.29 is 9.53 Å². The Morgan fingerprint density at radius 1 is 1.13 bits per heavy atom. The molecule has 152 valence electrons. The van der Waals surface area contributed by atoms with E-state index >= 15 is 0 Å². The highest BCUT2D eigenvalue weighted by molar-refractivity contribution is 6.40. The van der Waals surface area contributed by atoms with Crippen LogP contribution in [0.25, 0.3) is 0 Å². The van der Waals surface area contributed by atoms with E-state index in [9.17, 15) is 4.79 Å². The van der Waals surface area contributed by atoms with Crippen LogP contribution in [-0.4, -0.2) is 29.2 Å². The Labute approximate surface area is 183 Å². The van der Waals surface area contributed by atoms with E-state index in [1.807, 2.05) is 6.07 Å². The molecule has 0 bridgehead atoms. The zero-order valence-corrected chi connectivity index (χ0v) is 17.3. The van der Waals surface area contributed by atoms with Crippen molar-refractivity contribution in [3.63, 3.8) is 0 Å². The van der Waals surface area contributed by atoms with Gasteiger partial charge in [-0.3, -0.25) is 9.69 Å². The number of para-hydroxylation sites is 1. The van der Waals surface area contributed by atoms with Crippen LogP contribution in [0.4, 0.5) is 17.3 Å². The molecule has 30 heavy (non-hydrogen) atoms. The van der Waals surface area contributed by atoms with Crippen LogP contribution in [0.2, 0.25) is 10.0 Å². The third-order valence-corrected chi connectivity index (χ3v) is 5.73. The molecule has 1 amide bonds. The maximum absolute atomic E-state index is 13.0. The molecule has 0 aliphatic carbocycles. The first-order valence-corrected chi connectivity index (χ1v) is 10.2. The van der Waals surface area contributed by atoms with Crippen LogP contribution in [0.5, 0.6) is 5.88 Å². The fourth-order valence-electron chi connectivity index (χ4n) is 3.61. The Balaban J connectivity index is 1.40. The first-order chi connectivity index (χ1) is 14.6. The van der Waals surface area contributed by atoms with Gasteiger partial charge in [0.2, 0.25) is 11.8 Å². The molecule has 3 aromatic rings. The fourth-order valence-corrected chi connectivity index (χ4v) is 4.21. The van der Waals surface area contributed by atoms with Gasteiger partial charge < -0.3 is 15.4 Å². The number of hydrogen-bond donors (Lipinski definition) is 2. The smallest absolute Gasteiger partial charge is 0.268 e. The van der Waals surface area contributed by atoms with Gasteiger partial charge in [0.25, 0.3) is 5.91 Å². The van der Waals surface area contributed by atoms with Crippen LogP contribution >= 0.6 is 23.2 Å². The lowest BCUT2D eigenvalue weighted by molar-refractivity contribution is 0.0932. The molecule has 2 aromatic carbocycles. The van der Waals surface area contributed by atoms with Crippen molar-refractivity contribution in [3.05, 3.63) is 69.3 Å². The monoisotopic (exact) mass is 441 g/mol. The number of halogens is 2. The Morgan fingerprint density at radius 3 is 2.80 bits per heavy atom. The van der Waals surface area contributed by atoms with Gasteiger partial charge >= 0.3 is 0 Å². The molecule has 3 heterocycles. The number of nitrogens with one attached hydrogen (secondary N) is 2. The van der Waals surface area contributed by atoms with E-state index in [-0.39, 0.29) is 24.1 Å². The Bertz CT molecular complexity index is 1130. The number of carbonyl (C=O) groups excluding carboxylic acids is 1. The van der Waals surface area contributed by atoms with Crippen molar-refractivity contribution >= 4 is 46.4 Å². The van der Waals surface area contributed by atoms with Crippen molar-refractivity contribution in [3.8, 4) is 5.88 Å². The molecule has 0 atom stereocenters. The quantitative estimate of drug-likeness (QED) is 0.634. The van der Waals surface area contributed by atoms with E-state index in [1.165, 1.54) is 22.2 Å². The molecule has 2 aliphatic rings. The maximum atomic E-state index is 13.0. The minimum atomic E-state index is -0.322. The summed E-state index contributed by atoms with van der Waals surface area (Å²) in [4.78, 5) is 23.0. The van der Waals surface area contributed by atoms with Gasteiger partial charge in [0.05, 0.1) is 15.7 Å². The summed E-state index contributed by atoms with van der Waals surface area (Å²) in [6, 6.07) is 11.3. The number of amides is 1. The number of aromatic nitrogens is 2. The summed E-state index contributed by atoms with van der Waals surface area (Å²) in [6.07, 6.45) is 2.47. The Hall–Kier alpha value is -2.87. The normalized spacial score (nSPS) is 15.3. The van der Waals surface area contributed by atoms with Crippen molar-refractivity contribution in [2.75, 3.05) is 23.5 Å². The minimum absolute atomic E-state index is 0.0454. The van der Waals surface area contributed by atoms with Crippen LogP contribution < -0.4 is 20.3 Å². The largest absolute Gasteiger partial charge is 0.455 e. The van der Waals surface area contributed by atoms with E-state index in [0.717, 1.165) is 25.2 Å². The molecule has 0 saturated carbocycles. The Kier molecular flexibility index (Phi) is 4.94. The van der Waals surface area contributed by atoms with E-state index in [2.05, 4.69) is 32.7 Å². The number of hydrogen-bond acceptors (Lipinski definition) is 6. The van der Waals surface area contributed by atoms with Gasteiger partial charge in [0, 0.05) is 18.4 Å². The average molecular weight is 442 g/mol. The SMILES string of the molecule is O=C1c2cnc(Nc3ccc4c(c3)CNCC4)nc2OCN1c1c(Cl)cccc1Cl. The molecule has 0 saturated heterocycles. The van der Waals surface area contributed by atoms with Crippen molar-refractivity contribution in [1.82, 2.24) is 15.3 Å². The predicted octanol–water partition coefficient (Wildman–Crippen LogP) is 4.17. The second-order valence-corrected chi connectivity index (χ2v) is 7.84. The topological polar surface area (TPSA) is 79.4 Å². The van der Waals surface area contributed by atoms with Gasteiger partial charge in [0.15, 0.2) is 6.73 Å². The zero-order chi connectivity index (χ0) is 20.7. The van der Waals surface area contributed by atoms with Gasteiger partial charge in [-0.2, -0.15) is 4.98 Å². The number of benzene rings is 2. The molecule has 0 spiro atoms. The number of rotatable bonds is 3. The minimum Gasteiger partial charge on any atom is -0.455 e. The molecule has 0 fully saturated rings. The highest BCUT2D eigenvalue weighted by Crippen LogP contribution is 2.37. The molecule has 0 radical (unpaired) electrons. The summed E-state index contributed by atoms with van der Waals surface area (Å²) >= 11 is 12.5. The van der Waals surface area contributed by atoms with Crippen LogP contribution in [0.3, 0.4) is 0 Å². The predicted molar refractivity (Wildman–Crippen MR) is 116 cm³/mol. The molecule has 2 aliphatic heterocycles. The zero-order valence-electron chi connectivity index (χ0n) is 15.8. The van der Waals surface area contributed by atoms with Crippen molar-refractivity contribution in [2.24, 2.45) is 0 Å². The summed E-state index contributed by atoms with van der Waals surface area (Å²) in [6.45, 7) is 1.79.